The SMILES string of the molecule is O=C(O)C(O)c1cc2c(c(Cl)c1O)CCCC2. The standard InChI is InChI=1S/C12H13ClO4/c13-9-7-4-2-1-3-6(7)5-8(10(9)14)11(15)12(16)17/h5,11,14-15H,1-4H2,(H,16,17). The number of benzene rings is 1. The minimum atomic E-state index is -1.74. The van der Waals surface area contributed by atoms with E-state index in [0.29, 0.717) is 0 Å². The van der Waals surface area contributed by atoms with Gasteiger partial charge in [0.05, 0.1) is 5.02 Å². The van der Waals surface area contributed by atoms with Crippen LogP contribution in [0.2, 0.25) is 5.02 Å². The molecule has 5 heteroatoms. The van der Waals surface area contributed by atoms with E-state index >= 15 is 0 Å². The lowest BCUT2D eigenvalue weighted by molar-refractivity contribution is -0.147. The summed E-state index contributed by atoms with van der Waals surface area (Å²) in [7, 11) is 0. The summed E-state index contributed by atoms with van der Waals surface area (Å²) in [5.41, 5.74) is 1.77. The number of hydrogen-bond donors (Lipinski definition) is 3. The lowest BCUT2D eigenvalue weighted by Crippen LogP contribution is -2.13. The molecule has 0 saturated heterocycles. The number of aliphatic hydroxyl groups excluding tert-OH is 1. The fraction of sp³-hybridized carbons (Fsp3) is 0.417. The molecule has 1 aromatic carbocycles. The minimum absolute atomic E-state index is 0.0249. The highest BCUT2D eigenvalue weighted by molar-refractivity contribution is 6.33. The predicted molar refractivity (Wildman–Crippen MR) is 62.4 cm³/mol. The van der Waals surface area contributed by atoms with Gasteiger partial charge >= 0.3 is 5.97 Å². The molecule has 1 unspecified atom stereocenters. The number of halogens is 1. The lowest BCUT2D eigenvalue weighted by atomic mass is 9.89. The number of aliphatic hydroxyl groups is 1. The number of hydrogen-bond acceptors (Lipinski definition) is 3. The minimum Gasteiger partial charge on any atom is -0.506 e. The van der Waals surface area contributed by atoms with Gasteiger partial charge in [0.2, 0.25) is 0 Å². The molecule has 1 atom stereocenters. The molecule has 1 aliphatic rings. The highest BCUT2D eigenvalue weighted by Gasteiger charge is 2.25. The average molecular weight is 257 g/mol. The van der Waals surface area contributed by atoms with E-state index in [9.17, 15) is 15.0 Å². The number of carbonyl (C=O) groups is 1. The molecule has 0 saturated carbocycles. The molecule has 0 fully saturated rings. The van der Waals surface area contributed by atoms with Gasteiger partial charge in [-0.3, -0.25) is 0 Å². The Bertz CT molecular complexity index is 470. The molecule has 0 bridgehead atoms. The molecule has 0 radical (unpaired) electrons. The number of aliphatic carboxylic acids is 1. The van der Waals surface area contributed by atoms with Crippen molar-refractivity contribution in [3.8, 4) is 5.75 Å². The van der Waals surface area contributed by atoms with Gasteiger partial charge in [-0.05, 0) is 42.9 Å². The van der Waals surface area contributed by atoms with Crippen molar-refractivity contribution in [2.75, 3.05) is 0 Å². The van der Waals surface area contributed by atoms with Crippen LogP contribution >= 0.6 is 11.6 Å². The Labute approximate surface area is 103 Å². The van der Waals surface area contributed by atoms with Gasteiger partial charge in [0.1, 0.15) is 5.75 Å². The van der Waals surface area contributed by atoms with Gasteiger partial charge in [-0.1, -0.05) is 11.6 Å². The highest BCUT2D eigenvalue weighted by atomic mass is 35.5. The molecule has 4 nitrogen and oxygen atoms in total. The molecule has 1 aromatic rings. The zero-order chi connectivity index (χ0) is 12.6. The fourth-order valence-electron chi connectivity index (χ4n) is 2.21. The van der Waals surface area contributed by atoms with Gasteiger partial charge in [-0.15, -0.1) is 0 Å². The van der Waals surface area contributed by atoms with Crippen molar-refractivity contribution in [1.82, 2.24) is 0 Å². The molecule has 0 aliphatic heterocycles. The first-order valence-electron chi connectivity index (χ1n) is 5.46. The van der Waals surface area contributed by atoms with E-state index in [1.54, 1.807) is 6.07 Å². The number of aromatic hydroxyl groups is 1. The molecular formula is C12H13ClO4. The van der Waals surface area contributed by atoms with Crippen LogP contribution in [0.4, 0.5) is 0 Å². The Morgan fingerprint density at radius 1 is 1.35 bits per heavy atom. The molecule has 0 aromatic heterocycles. The predicted octanol–water partition coefficient (Wildman–Crippen LogP) is 2.04. The van der Waals surface area contributed by atoms with Crippen molar-refractivity contribution in [3.05, 3.63) is 27.8 Å². The molecular weight excluding hydrogens is 244 g/mol. The summed E-state index contributed by atoms with van der Waals surface area (Å²) in [6.07, 6.45) is 1.86. The molecule has 17 heavy (non-hydrogen) atoms. The number of aryl methyl sites for hydroxylation is 1. The molecule has 92 valence electrons. The second-order valence-corrected chi connectivity index (χ2v) is 4.59. The number of phenols is 1. The molecule has 0 amide bonds. The maximum atomic E-state index is 10.7. The fourth-order valence-corrected chi connectivity index (χ4v) is 2.53. The lowest BCUT2D eigenvalue weighted by Gasteiger charge is -2.20. The zero-order valence-electron chi connectivity index (χ0n) is 9.11. The van der Waals surface area contributed by atoms with Gasteiger partial charge in [0, 0.05) is 5.56 Å². The van der Waals surface area contributed by atoms with Crippen LogP contribution in [0.15, 0.2) is 6.07 Å². The third kappa shape index (κ3) is 2.10. The van der Waals surface area contributed by atoms with Crippen molar-refractivity contribution in [2.24, 2.45) is 0 Å². The molecule has 1 aliphatic carbocycles. The summed E-state index contributed by atoms with van der Waals surface area (Å²) in [5, 5.41) is 28.2. The van der Waals surface area contributed by atoms with Crippen molar-refractivity contribution in [3.63, 3.8) is 0 Å². The van der Waals surface area contributed by atoms with Gasteiger partial charge in [0.25, 0.3) is 0 Å². The van der Waals surface area contributed by atoms with Crippen LogP contribution in [0.3, 0.4) is 0 Å². The van der Waals surface area contributed by atoms with Gasteiger partial charge < -0.3 is 15.3 Å². The number of fused-ring (bicyclic) bond motifs is 1. The number of carboxylic acid groups (broad SMARTS) is 1. The van der Waals surface area contributed by atoms with E-state index in [1.165, 1.54) is 0 Å². The summed E-state index contributed by atoms with van der Waals surface area (Å²) in [4.78, 5) is 10.7. The number of phenolic OH excluding ortho intramolecular Hbond substituents is 1. The Kier molecular flexibility index (Phi) is 3.26. The molecule has 3 N–H and O–H groups in total. The van der Waals surface area contributed by atoms with Crippen LogP contribution < -0.4 is 0 Å². The first kappa shape index (κ1) is 12.2. The quantitative estimate of drug-likeness (QED) is 0.757. The summed E-state index contributed by atoms with van der Waals surface area (Å²) < 4.78 is 0. The monoisotopic (exact) mass is 256 g/mol. The van der Waals surface area contributed by atoms with E-state index in [-0.39, 0.29) is 16.3 Å². The van der Waals surface area contributed by atoms with Gasteiger partial charge in [0.15, 0.2) is 6.10 Å². The second-order valence-electron chi connectivity index (χ2n) is 4.21. The highest BCUT2D eigenvalue weighted by Crippen LogP contribution is 2.39. The third-order valence-corrected chi connectivity index (χ3v) is 3.52. The van der Waals surface area contributed by atoms with Crippen molar-refractivity contribution < 1.29 is 20.1 Å². The molecule has 2 rings (SSSR count). The van der Waals surface area contributed by atoms with E-state index in [0.717, 1.165) is 36.8 Å². The second kappa shape index (κ2) is 4.55. The van der Waals surface area contributed by atoms with Gasteiger partial charge in [-0.2, -0.15) is 0 Å². The summed E-state index contributed by atoms with van der Waals surface area (Å²) >= 11 is 6.01. The summed E-state index contributed by atoms with van der Waals surface area (Å²) in [6.45, 7) is 0. The molecule has 0 spiro atoms. The van der Waals surface area contributed by atoms with Crippen LogP contribution in [0, 0.1) is 0 Å². The zero-order valence-corrected chi connectivity index (χ0v) is 9.87. The van der Waals surface area contributed by atoms with E-state index in [4.69, 9.17) is 16.7 Å². The number of rotatable bonds is 2. The maximum Gasteiger partial charge on any atom is 0.337 e. The number of carboxylic acids is 1. The van der Waals surface area contributed by atoms with E-state index in [2.05, 4.69) is 0 Å². The summed E-state index contributed by atoms with van der Waals surface area (Å²) in [5.74, 6) is -1.71. The summed E-state index contributed by atoms with van der Waals surface area (Å²) in [6, 6.07) is 1.55. The van der Waals surface area contributed by atoms with Crippen LogP contribution in [0.5, 0.6) is 5.75 Å². The van der Waals surface area contributed by atoms with Crippen molar-refractivity contribution in [1.29, 1.82) is 0 Å². The maximum absolute atomic E-state index is 10.7. The van der Waals surface area contributed by atoms with Gasteiger partial charge in [-0.25, -0.2) is 4.79 Å². The van der Waals surface area contributed by atoms with Crippen LogP contribution in [-0.2, 0) is 17.6 Å². The van der Waals surface area contributed by atoms with Crippen molar-refractivity contribution >= 4 is 17.6 Å². The average Bonchev–Trinajstić information content (AvgIpc) is 2.33. The Morgan fingerprint density at radius 2 is 2.00 bits per heavy atom. The van der Waals surface area contributed by atoms with Crippen LogP contribution in [0.1, 0.15) is 35.6 Å². The Morgan fingerprint density at radius 3 is 2.65 bits per heavy atom. The Balaban J connectivity index is 2.55. The van der Waals surface area contributed by atoms with E-state index < -0.39 is 12.1 Å². The van der Waals surface area contributed by atoms with E-state index in [1.807, 2.05) is 0 Å². The topological polar surface area (TPSA) is 77.8 Å². The van der Waals surface area contributed by atoms with Crippen molar-refractivity contribution in [2.45, 2.75) is 31.8 Å². The first-order valence-corrected chi connectivity index (χ1v) is 5.84. The first-order chi connectivity index (χ1) is 8.02. The third-order valence-electron chi connectivity index (χ3n) is 3.12. The largest absolute Gasteiger partial charge is 0.506 e. The van der Waals surface area contributed by atoms with Crippen LogP contribution in [0.25, 0.3) is 0 Å². The normalized spacial score (nSPS) is 16.4. The van der Waals surface area contributed by atoms with Crippen LogP contribution in [-0.4, -0.2) is 21.3 Å². The Hall–Kier alpha value is -1.26. The smallest absolute Gasteiger partial charge is 0.337 e. The molecule has 0 heterocycles.